The van der Waals surface area contributed by atoms with Gasteiger partial charge in [-0.2, -0.15) is 12.6 Å². The van der Waals surface area contributed by atoms with Gasteiger partial charge in [0.25, 0.3) is 0 Å². The summed E-state index contributed by atoms with van der Waals surface area (Å²) in [5.41, 5.74) is 0.811. The summed E-state index contributed by atoms with van der Waals surface area (Å²) >= 11 is 4.24. The molecule has 1 aromatic carbocycles. The first-order valence-electron chi connectivity index (χ1n) is 6.81. The third-order valence-electron chi connectivity index (χ3n) is 3.74. The van der Waals surface area contributed by atoms with Gasteiger partial charge in [-0.05, 0) is 29.4 Å². The Bertz CT molecular complexity index is 517. The molecule has 0 aliphatic carbocycles. The Kier molecular flexibility index (Phi) is 5.12. The summed E-state index contributed by atoms with van der Waals surface area (Å²) in [6, 6.07) is 6.74. The number of aliphatic carboxylic acids is 1. The highest BCUT2D eigenvalue weighted by atomic mass is 32.1. The molecule has 1 aliphatic heterocycles. The van der Waals surface area contributed by atoms with Crippen LogP contribution in [0.25, 0.3) is 0 Å². The molecule has 5 nitrogen and oxygen atoms in total. The minimum atomic E-state index is -0.919. The molecule has 6 heteroatoms. The van der Waals surface area contributed by atoms with Crippen LogP contribution in [-0.2, 0) is 9.59 Å². The SMILES string of the molecule is COc1ccc(C(CC(=O)O)N2CC(CS)CC2=O)cc1. The summed E-state index contributed by atoms with van der Waals surface area (Å²) in [7, 11) is 1.57. The van der Waals surface area contributed by atoms with Gasteiger partial charge in [0.05, 0.1) is 19.6 Å². The highest BCUT2D eigenvalue weighted by Gasteiger charge is 2.35. The van der Waals surface area contributed by atoms with Gasteiger partial charge in [0.1, 0.15) is 5.75 Å². The van der Waals surface area contributed by atoms with E-state index in [1.54, 1.807) is 24.1 Å². The van der Waals surface area contributed by atoms with Crippen molar-refractivity contribution in [3.63, 3.8) is 0 Å². The van der Waals surface area contributed by atoms with Crippen molar-refractivity contribution < 1.29 is 19.4 Å². The molecular formula is C15H19NO4S. The van der Waals surface area contributed by atoms with E-state index in [2.05, 4.69) is 12.6 Å². The average Bonchev–Trinajstić information content (AvgIpc) is 2.86. The molecule has 0 aromatic heterocycles. The second-order valence-electron chi connectivity index (χ2n) is 5.19. The number of carboxylic acid groups (broad SMARTS) is 1. The summed E-state index contributed by atoms with van der Waals surface area (Å²) in [6.45, 7) is 0.562. The van der Waals surface area contributed by atoms with Crippen molar-refractivity contribution in [2.24, 2.45) is 5.92 Å². The molecule has 21 heavy (non-hydrogen) atoms. The molecule has 0 saturated carbocycles. The maximum Gasteiger partial charge on any atom is 0.305 e. The fourth-order valence-corrected chi connectivity index (χ4v) is 2.88. The summed E-state index contributed by atoms with van der Waals surface area (Å²) in [4.78, 5) is 24.9. The van der Waals surface area contributed by atoms with Crippen molar-refractivity contribution in [1.29, 1.82) is 0 Å². The topological polar surface area (TPSA) is 66.8 Å². The van der Waals surface area contributed by atoms with Gasteiger partial charge >= 0.3 is 5.97 Å². The predicted octanol–water partition coefficient (Wildman–Crippen LogP) is 1.99. The van der Waals surface area contributed by atoms with Crippen LogP contribution in [0.2, 0.25) is 0 Å². The van der Waals surface area contributed by atoms with Crippen LogP contribution < -0.4 is 4.74 Å². The van der Waals surface area contributed by atoms with Crippen molar-refractivity contribution in [3.8, 4) is 5.75 Å². The number of benzene rings is 1. The van der Waals surface area contributed by atoms with E-state index < -0.39 is 12.0 Å². The van der Waals surface area contributed by atoms with E-state index in [0.29, 0.717) is 24.5 Å². The summed E-state index contributed by atoms with van der Waals surface area (Å²) in [5, 5.41) is 9.14. The van der Waals surface area contributed by atoms with Crippen molar-refractivity contribution in [1.82, 2.24) is 4.90 Å². The highest BCUT2D eigenvalue weighted by Crippen LogP contribution is 2.32. The Labute approximate surface area is 129 Å². The van der Waals surface area contributed by atoms with Crippen LogP contribution in [0.4, 0.5) is 0 Å². The first-order valence-corrected chi connectivity index (χ1v) is 7.44. The van der Waals surface area contributed by atoms with Crippen LogP contribution in [0.1, 0.15) is 24.4 Å². The maximum absolute atomic E-state index is 12.1. The Morgan fingerprint density at radius 2 is 2.14 bits per heavy atom. The molecule has 0 bridgehead atoms. The van der Waals surface area contributed by atoms with Gasteiger partial charge in [0.15, 0.2) is 0 Å². The van der Waals surface area contributed by atoms with Gasteiger partial charge in [-0.25, -0.2) is 0 Å². The number of carbonyl (C=O) groups excluding carboxylic acids is 1. The number of likely N-dealkylation sites (tertiary alicyclic amines) is 1. The molecule has 1 saturated heterocycles. The van der Waals surface area contributed by atoms with E-state index in [0.717, 1.165) is 5.56 Å². The molecule has 114 valence electrons. The van der Waals surface area contributed by atoms with E-state index >= 15 is 0 Å². The average molecular weight is 309 g/mol. The normalized spacial score (nSPS) is 19.6. The zero-order chi connectivity index (χ0) is 15.4. The molecule has 1 heterocycles. The van der Waals surface area contributed by atoms with E-state index in [9.17, 15) is 9.59 Å². The third kappa shape index (κ3) is 3.69. The van der Waals surface area contributed by atoms with Crippen LogP contribution in [0.3, 0.4) is 0 Å². The van der Waals surface area contributed by atoms with E-state index in [-0.39, 0.29) is 18.2 Å². The smallest absolute Gasteiger partial charge is 0.305 e. The largest absolute Gasteiger partial charge is 0.497 e. The van der Waals surface area contributed by atoms with Gasteiger partial charge in [-0.1, -0.05) is 12.1 Å². The first-order chi connectivity index (χ1) is 10.0. The molecule has 1 aliphatic rings. The van der Waals surface area contributed by atoms with Crippen LogP contribution >= 0.6 is 12.6 Å². The quantitative estimate of drug-likeness (QED) is 0.789. The van der Waals surface area contributed by atoms with Crippen molar-refractivity contribution in [2.45, 2.75) is 18.9 Å². The Morgan fingerprint density at radius 3 is 2.62 bits per heavy atom. The van der Waals surface area contributed by atoms with Crippen LogP contribution in [0, 0.1) is 5.92 Å². The Morgan fingerprint density at radius 1 is 1.48 bits per heavy atom. The molecule has 1 aromatic rings. The first kappa shape index (κ1) is 15.7. The molecule has 1 fully saturated rings. The van der Waals surface area contributed by atoms with Gasteiger partial charge in [0, 0.05) is 13.0 Å². The number of methoxy groups -OCH3 is 1. The second-order valence-corrected chi connectivity index (χ2v) is 5.55. The molecule has 2 atom stereocenters. The van der Waals surface area contributed by atoms with Gasteiger partial charge in [-0.15, -0.1) is 0 Å². The summed E-state index contributed by atoms with van der Waals surface area (Å²) in [6.07, 6.45) is 0.340. The summed E-state index contributed by atoms with van der Waals surface area (Å²) < 4.78 is 5.10. The monoisotopic (exact) mass is 309 g/mol. The molecule has 1 N–H and O–H groups in total. The maximum atomic E-state index is 12.1. The Balaban J connectivity index is 2.25. The van der Waals surface area contributed by atoms with E-state index in [1.807, 2.05) is 12.1 Å². The lowest BCUT2D eigenvalue weighted by Gasteiger charge is -2.27. The number of hydrogen-bond donors (Lipinski definition) is 2. The minimum Gasteiger partial charge on any atom is -0.497 e. The van der Waals surface area contributed by atoms with E-state index in [4.69, 9.17) is 9.84 Å². The molecule has 2 unspecified atom stereocenters. The standard InChI is InChI=1S/C15H19NO4S/c1-20-12-4-2-11(3-5-12)13(7-15(18)19)16-8-10(9-21)6-14(16)17/h2-5,10,13,21H,6-9H2,1H3,(H,18,19). The van der Waals surface area contributed by atoms with Crippen molar-refractivity contribution in [3.05, 3.63) is 29.8 Å². The van der Waals surface area contributed by atoms with Crippen LogP contribution in [-0.4, -0.2) is 41.3 Å². The predicted molar refractivity (Wildman–Crippen MR) is 81.7 cm³/mol. The highest BCUT2D eigenvalue weighted by molar-refractivity contribution is 7.80. The van der Waals surface area contributed by atoms with Gasteiger partial charge in [0.2, 0.25) is 5.91 Å². The second kappa shape index (κ2) is 6.85. The van der Waals surface area contributed by atoms with E-state index in [1.165, 1.54) is 0 Å². The third-order valence-corrected chi connectivity index (χ3v) is 4.26. The fourth-order valence-electron chi connectivity index (χ4n) is 2.63. The lowest BCUT2D eigenvalue weighted by atomic mass is 10.0. The number of ether oxygens (including phenoxy) is 1. The number of carboxylic acids is 1. The lowest BCUT2D eigenvalue weighted by Crippen LogP contribution is -2.32. The lowest BCUT2D eigenvalue weighted by molar-refractivity contribution is -0.139. The number of amides is 1. The number of thiol groups is 1. The van der Waals surface area contributed by atoms with Gasteiger partial charge in [-0.3, -0.25) is 9.59 Å². The molecule has 1 amide bonds. The van der Waals surface area contributed by atoms with Crippen LogP contribution in [0.5, 0.6) is 5.75 Å². The number of hydrogen-bond acceptors (Lipinski definition) is 4. The van der Waals surface area contributed by atoms with Crippen molar-refractivity contribution >= 4 is 24.5 Å². The van der Waals surface area contributed by atoms with Gasteiger partial charge < -0.3 is 14.7 Å². The zero-order valence-electron chi connectivity index (χ0n) is 11.9. The molecule has 2 rings (SSSR count). The van der Waals surface area contributed by atoms with Crippen molar-refractivity contribution in [2.75, 3.05) is 19.4 Å². The van der Waals surface area contributed by atoms with Crippen LogP contribution in [0.15, 0.2) is 24.3 Å². The molecule has 0 radical (unpaired) electrons. The zero-order valence-corrected chi connectivity index (χ0v) is 12.8. The Hall–Kier alpha value is -1.69. The number of carbonyl (C=O) groups is 2. The fraction of sp³-hybridized carbons (Fsp3) is 0.467. The minimum absolute atomic E-state index is 0.00359. The molecule has 0 spiro atoms. The number of rotatable bonds is 6. The summed E-state index contributed by atoms with van der Waals surface area (Å²) in [5.74, 6) is 0.600. The number of nitrogens with zero attached hydrogens (tertiary/aromatic N) is 1. The molecular weight excluding hydrogens is 290 g/mol.